The molecule has 0 bridgehead atoms. The molecule has 0 saturated carbocycles. The summed E-state index contributed by atoms with van der Waals surface area (Å²) >= 11 is 0. The van der Waals surface area contributed by atoms with Gasteiger partial charge in [0.15, 0.2) is 11.5 Å². The van der Waals surface area contributed by atoms with Crippen LogP contribution in [0.5, 0.6) is 11.5 Å². The summed E-state index contributed by atoms with van der Waals surface area (Å²) in [7, 11) is 1.65. The predicted molar refractivity (Wildman–Crippen MR) is 66.1 cm³/mol. The Morgan fingerprint density at radius 1 is 1.25 bits per heavy atom. The summed E-state index contributed by atoms with van der Waals surface area (Å²) < 4.78 is 11.0. The Bertz CT molecular complexity index is 337. The molecule has 1 unspecified atom stereocenters. The Kier molecular flexibility index (Phi) is 4.62. The molecule has 0 aliphatic heterocycles. The van der Waals surface area contributed by atoms with Gasteiger partial charge in [0.1, 0.15) is 6.10 Å². The van der Waals surface area contributed by atoms with E-state index >= 15 is 0 Å². The molecular formula is C13H21NO2. The molecule has 16 heavy (non-hydrogen) atoms. The number of aryl methyl sites for hydroxylation is 1. The lowest BCUT2D eigenvalue weighted by molar-refractivity contribution is 0.188. The van der Waals surface area contributed by atoms with Crippen molar-refractivity contribution in [3.63, 3.8) is 0 Å². The highest BCUT2D eigenvalue weighted by atomic mass is 16.5. The van der Waals surface area contributed by atoms with E-state index in [1.54, 1.807) is 7.11 Å². The SMILES string of the molecule is CCc1ccc(OC(C)[C@@H](C)N)c(OC)c1. The zero-order chi connectivity index (χ0) is 12.1. The van der Waals surface area contributed by atoms with Gasteiger partial charge in [-0.05, 0) is 38.0 Å². The molecule has 0 saturated heterocycles. The van der Waals surface area contributed by atoms with Crippen LogP contribution in [0.1, 0.15) is 26.3 Å². The minimum Gasteiger partial charge on any atom is -0.493 e. The van der Waals surface area contributed by atoms with Gasteiger partial charge in [-0.2, -0.15) is 0 Å². The van der Waals surface area contributed by atoms with Gasteiger partial charge < -0.3 is 15.2 Å². The average molecular weight is 223 g/mol. The van der Waals surface area contributed by atoms with Crippen molar-refractivity contribution in [3.05, 3.63) is 23.8 Å². The second-order valence-corrected chi connectivity index (χ2v) is 4.02. The van der Waals surface area contributed by atoms with Crippen molar-refractivity contribution in [2.45, 2.75) is 39.3 Å². The summed E-state index contributed by atoms with van der Waals surface area (Å²) in [4.78, 5) is 0. The number of nitrogens with two attached hydrogens (primary N) is 1. The molecule has 1 aromatic rings. The largest absolute Gasteiger partial charge is 0.493 e. The molecule has 2 atom stereocenters. The molecule has 0 aromatic heterocycles. The summed E-state index contributed by atoms with van der Waals surface area (Å²) in [6, 6.07) is 5.99. The van der Waals surface area contributed by atoms with E-state index in [2.05, 4.69) is 6.92 Å². The molecule has 0 spiro atoms. The van der Waals surface area contributed by atoms with Gasteiger partial charge in [0, 0.05) is 6.04 Å². The molecule has 0 radical (unpaired) electrons. The van der Waals surface area contributed by atoms with Gasteiger partial charge in [0.05, 0.1) is 7.11 Å². The van der Waals surface area contributed by atoms with Crippen molar-refractivity contribution >= 4 is 0 Å². The Labute approximate surface area is 97.6 Å². The zero-order valence-electron chi connectivity index (χ0n) is 10.5. The first kappa shape index (κ1) is 12.8. The molecule has 1 aromatic carbocycles. The van der Waals surface area contributed by atoms with Crippen LogP contribution < -0.4 is 15.2 Å². The molecule has 2 N–H and O–H groups in total. The normalized spacial score (nSPS) is 14.3. The highest BCUT2D eigenvalue weighted by molar-refractivity contribution is 5.43. The van der Waals surface area contributed by atoms with Crippen molar-refractivity contribution < 1.29 is 9.47 Å². The van der Waals surface area contributed by atoms with Gasteiger partial charge in [0.2, 0.25) is 0 Å². The van der Waals surface area contributed by atoms with Crippen molar-refractivity contribution in [2.24, 2.45) is 5.73 Å². The van der Waals surface area contributed by atoms with Crippen LogP contribution in [0.25, 0.3) is 0 Å². The summed E-state index contributed by atoms with van der Waals surface area (Å²) in [5.41, 5.74) is 7.00. The van der Waals surface area contributed by atoms with E-state index in [0.717, 1.165) is 17.9 Å². The van der Waals surface area contributed by atoms with Gasteiger partial charge in [-0.3, -0.25) is 0 Å². The van der Waals surface area contributed by atoms with E-state index in [4.69, 9.17) is 15.2 Å². The highest BCUT2D eigenvalue weighted by Crippen LogP contribution is 2.29. The molecule has 1 rings (SSSR count). The summed E-state index contributed by atoms with van der Waals surface area (Å²) in [5.74, 6) is 1.52. The minimum absolute atomic E-state index is 0.00411. The molecule has 0 fully saturated rings. The van der Waals surface area contributed by atoms with Gasteiger partial charge in [-0.1, -0.05) is 13.0 Å². The maximum Gasteiger partial charge on any atom is 0.161 e. The quantitative estimate of drug-likeness (QED) is 0.833. The number of hydrogen-bond acceptors (Lipinski definition) is 3. The van der Waals surface area contributed by atoms with Gasteiger partial charge in [-0.25, -0.2) is 0 Å². The number of rotatable bonds is 5. The third-order valence-corrected chi connectivity index (χ3v) is 2.69. The fraction of sp³-hybridized carbons (Fsp3) is 0.538. The first-order valence-electron chi connectivity index (χ1n) is 5.67. The average Bonchev–Trinajstić information content (AvgIpc) is 2.29. The summed E-state index contributed by atoms with van der Waals surface area (Å²) in [6.45, 7) is 6.00. The smallest absolute Gasteiger partial charge is 0.161 e. The molecule has 90 valence electrons. The van der Waals surface area contributed by atoms with E-state index in [-0.39, 0.29) is 12.1 Å². The van der Waals surface area contributed by atoms with Crippen LogP contribution in [-0.2, 0) is 6.42 Å². The van der Waals surface area contributed by atoms with Crippen LogP contribution in [0, 0.1) is 0 Å². The lowest BCUT2D eigenvalue weighted by Gasteiger charge is -2.20. The first-order valence-corrected chi connectivity index (χ1v) is 5.67. The number of hydrogen-bond donors (Lipinski definition) is 1. The van der Waals surface area contributed by atoms with Gasteiger partial charge in [-0.15, -0.1) is 0 Å². The number of ether oxygens (including phenoxy) is 2. The van der Waals surface area contributed by atoms with Crippen LogP contribution in [0.2, 0.25) is 0 Å². The summed E-state index contributed by atoms with van der Waals surface area (Å²) in [5, 5.41) is 0. The second kappa shape index (κ2) is 5.75. The lowest BCUT2D eigenvalue weighted by Crippen LogP contribution is -2.33. The van der Waals surface area contributed by atoms with Gasteiger partial charge >= 0.3 is 0 Å². The number of benzene rings is 1. The van der Waals surface area contributed by atoms with Crippen molar-refractivity contribution in [2.75, 3.05) is 7.11 Å². The standard InChI is InChI=1S/C13H21NO2/c1-5-11-6-7-12(13(8-11)15-4)16-10(3)9(2)14/h6-10H,5,14H2,1-4H3/t9-,10?/m1/s1. The highest BCUT2D eigenvalue weighted by Gasteiger charge is 2.12. The van der Waals surface area contributed by atoms with Crippen LogP contribution in [0.15, 0.2) is 18.2 Å². The molecule has 0 amide bonds. The molecular weight excluding hydrogens is 202 g/mol. The Morgan fingerprint density at radius 2 is 1.94 bits per heavy atom. The molecule has 0 aliphatic carbocycles. The van der Waals surface area contributed by atoms with Crippen molar-refractivity contribution in [1.82, 2.24) is 0 Å². The van der Waals surface area contributed by atoms with E-state index in [0.29, 0.717) is 0 Å². The number of methoxy groups -OCH3 is 1. The van der Waals surface area contributed by atoms with Crippen LogP contribution >= 0.6 is 0 Å². The topological polar surface area (TPSA) is 44.5 Å². The lowest BCUT2D eigenvalue weighted by atomic mass is 10.1. The molecule has 3 nitrogen and oxygen atoms in total. The van der Waals surface area contributed by atoms with Crippen LogP contribution in [0.4, 0.5) is 0 Å². The van der Waals surface area contributed by atoms with Crippen molar-refractivity contribution in [1.29, 1.82) is 0 Å². The zero-order valence-corrected chi connectivity index (χ0v) is 10.5. The molecule has 0 aliphatic rings. The van der Waals surface area contributed by atoms with Crippen molar-refractivity contribution in [3.8, 4) is 11.5 Å². The summed E-state index contributed by atoms with van der Waals surface area (Å²) in [6.07, 6.45) is 0.959. The van der Waals surface area contributed by atoms with Gasteiger partial charge in [0.25, 0.3) is 0 Å². The second-order valence-electron chi connectivity index (χ2n) is 4.02. The first-order chi connectivity index (χ1) is 7.58. The third-order valence-electron chi connectivity index (χ3n) is 2.69. The van der Waals surface area contributed by atoms with E-state index in [1.165, 1.54) is 5.56 Å². The monoisotopic (exact) mass is 223 g/mol. The predicted octanol–water partition coefficient (Wildman–Crippen LogP) is 2.37. The van der Waals surface area contributed by atoms with Crippen LogP contribution in [-0.4, -0.2) is 19.3 Å². The molecule has 0 heterocycles. The Hall–Kier alpha value is -1.22. The van der Waals surface area contributed by atoms with E-state index in [1.807, 2.05) is 32.0 Å². The third kappa shape index (κ3) is 3.14. The minimum atomic E-state index is -0.0265. The Balaban J connectivity index is 2.87. The maximum absolute atomic E-state index is 5.77. The maximum atomic E-state index is 5.77. The van der Waals surface area contributed by atoms with E-state index < -0.39 is 0 Å². The van der Waals surface area contributed by atoms with E-state index in [9.17, 15) is 0 Å². The fourth-order valence-electron chi connectivity index (χ4n) is 1.34. The Morgan fingerprint density at radius 3 is 2.44 bits per heavy atom. The van der Waals surface area contributed by atoms with Crippen LogP contribution in [0.3, 0.4) is 0 Å². The molecule has 3 heteroatoms. The fourth-order valence-corrected chi connectivity index (χ4v) is 1.34.